The molecule has 180 valence electrons. The molecule has 0 bridgehead atoms. The lowest BCUT2D eigenvalue weighted by molar-refractivity contribution is -0.153. The van der Waals surface area contributed by atoms with Gasteiger partial charge in [-0.05, 0) is 55.2 Å². The summed E-state index contributed by atoms with van der Waals surface area (Å²) >= 11 is 0. The summed E-state index contributed by atoms with van der Waals surface area (Å²) in [4.78, 5) is 30.5. The molecule has 34 heavy (non-hydrogen) atoms. The molecule has 2 N–H and O–H groups in total. The van der Waals surface area contributed by atoms with E-state index in [0.717, 1.165) is 36.8 Å². The van der Waals surface area contributed by atoms with Crippen LogP contribution in [-0.2, 0) is 9.59 Å². The van der Waals surface area contributed by atoms with E-state index in [4.69, 9.17) is 0 Å². The number of rotatable bonds is 8. The molecule has 2 aliphatic rings. The first-order valence-electron chi connectivity index (χ1n) is 12.2. The first-order chi connectivity index (χ1) is 16.5. The fraction of sp³-hybridized carbons (Fsp3) is 0.429. The minimum absolute atomic E-state index is 0.0116. The summed E-state index contributed by atoms with van der Waals surface area (Å²) in [5, 5.41) is 10.2. The maximum atomic E-state index is 14.7. The van der Waals surface area contributed by atoms with Gasteiger partial charge in [0.1, 0.15) is 5.82 Å². The largest absolute Gasteiger partial charge is 0.481 e. The van der Waals surface area contributed by atoms with E-state index >= 15 is 0 Å². The van der Waals surface area contributed by atoms with Crippen LogP contribution in [0.1, 0.15) is 56.4 Å². The van der Waals surface area contributed by atoms with E-state index in [9.17, 15) is 19.1 Å². The summed E-state index contributed by atoms with van der Waals surface area (Å²) in [7, 11) is 0. The van der Waals surface area contributed by atoms with Gasteiger partial charge in [-0.1, -0.05) is 55.9 Å². The Labute approximate surface area is 200 Å². The number of allylic oxidation sites excluding steroid dienone is 5. The number of nitrogens with zero attached hydrogens (tertiary/aromatic N) is 1. The van der Waals surface area contributed by atoms with Crippen LogP contribution in [0.25, 0.3) is 10.9 Å². The number of carboxylic acid groups (broad SMARTS) is 1. The molecule has 4 rings (SSSR count). The normalized spacial score (nSPS) is 23.9. The predicted octanol–water partition coefficient (Wildman–Crippen LogP) is 5.96. The van der Waals surface area contributed by atoms with Crippen LogP contribution >= 0.6 is 0 Å². The second-order valence-electron chi connectivity index (χ2n) is 9.43. The van der Waals surface area contributed by atoms with Crippen LogP contribution in [0.5, 0.6) is 0 Å². The standard InChI is InChI=1S/C28H33FN2O3/c1-2-3-4-5-6-10-19(22-18-30-24-13-9-12-23(29)27(22)24)17-26(32)31-16-15-21(28(33)34)20-11-7-8-14-25(20)31/h2-6,9,12-13,18-21,25,30H,1,7-8,10-11,14-17H2,(H,33,34)/b4-3-,6-5-. The van der Waals surface area contributed by atoms with E-state index in [1.54, 1.807) is 12.1 Å². The van der Waals surface area contributed by atoms with Gasteiger partial charge in [0, 0.05) is 36.1 Å². The van der Waals surface area contributed by atoms with E-state index in [1.807, 2.05) is 41.5 Å². The van der Waals surface area contributed by atoms with Crippen molar-refractivity contribution in [2.75, 3.05) is 6.54 Å². The molecule has 5 nitrogen and oxygen atoms in total. The van der Waals surface area contributed by atoms with Gasteiger partial charge in [0.05, 0.1) is 5.92 Å². The van der Waals surface area contributed by atoms with E-state index < -0.39 is 5.97 Å². The monoisotopic (exact) mass is 464 g/mol. The zero-order chi connectivity index (χ0) is 24.1. The zero-order valence-electron chi connectivity index (χ0n) is 19.5. The third-order valence-electron chi connectivity index (χ3n) is 7.48. The van der Waals surface area contributed by atoms with Crippen LogP contribution in [0.15, 0.2) is 61.4 Å². The van der Waals surface area contributed by atoms with Crippen LogP contribution in [0, 0.1) is 17.7 Å². The third-order valence-corrected chi connectivity index (χ3v) is 7.48. The van der Waals surface area contributed by atoms with Crippen molar-refractivity contribution in [3.05, 3.63) is 72.7 Å². The van der Waals surface area contributed by atoms with Gasteiger partial charge in [-0.25, -0.2) is 4.39 Å². The number of aliphatic carboxylic acids is 1. The van der Waals surface area contributed by atoms with Crippen molar-refractivity contribution in [1.29, 1.82) is 0 Å². The van der Waals surface area contributed by atoms with Crippen molar-refractivity contribution in [2.45, 2.75) is 56.9 Å². The number of carbonyl (C=O) groups excluding carboxylic acids is 1. The van der Waals surface area contributed by atoms with Gasteiger partial charge < -0.3 is 15.0 Å². The first-order valence-corrected chi connectivity index (χ1v) is 12.2. The number of amides is 1. The number of piperidine rings is 1. The minimum atomic E-state index is -0.742. The Morgan fingerprint density at radius 2 is 2.03 bits per heavy atom. The van der Waals surface area contributed by atoms with Crippen LogP contribution in [0.2, 0.25) is 0 Å². The number of nitrogens with one attached hydrogen (secondary N) is 1. The van der Waals surface area contributed by atoms with Crippen molar-refractivity contribution in [3.8, 4) is 0 Å². The van der Waals surface area contributed by atoms with Crippen LogP contribution in [0.3, 0.4) is 0 Å². The number of likely N-dealkylation sites (tertiary alicyclic amines) is 1. The molecule has 2 fully saturated rings. The number of H-pyrrole nitrogens is 1. The van der Waals surface area contributed by atoms with Gasteiger partial charge >= 0.3 is 5.97 Å². The SMILES string of the molecule is C=C/C=C\C=C/CC(CC(=O)N1CCC(C(=O)O)C2CCCCC21)c1c[nH]c2cccc(F)c12. The molecular weight excluding hydrogens is 431 g/mol. The summed E-state index contributed by atoms with van der Waals surface area (Å²) in [6, 6.07) is 4.95. The average molecular weight is 465 g/mol. The van der Waals surface area contributed by atoms with E-state index in [-0.39, 0.29) is 41.9 Å². The van der Waals surface area contributed by atoms with Crippen LogP contribution in [-0.4, -0.2) is 39.5 Å². The molecule has 6 heteroatoms. The van der Waals surface area contributed by atoms with Crippen molar-refractivity contribution in [2.24, 2.45) is 11.8 Å². The molecule has 1 aromatic carbocycles. The van der Waals surface area contributed by atoms with E-state index in [1.165, 1.54) is 6.07 Å². The number of carboxylic acids is 1. The minimum Gasteiger partial charge on any atom is -0.481 e. The van der Waals surface area contributed by atoms with Gasteiger partial charge in [0.15, 0.2) is 0 Å². The molecule has 2 aromatic rings. The van der Waals surface area contributed by atoms with Crippen LogP contribution < -0.4 is 0 Å². The summed E-state index contributed by atoms with van der Waals surface area (Å²) in [5.41, 5.74) is 1.53. The topological polar surface area (TPSA) is 73.4 Å². The lowest BCUT2D eigenvalue weighted by Gasteiger charge is -2.47. The molecule has 4 atom stereocenters. The Hall–Kier alpha value is -3.15. The third kappa shape index (κ3) is 5.01. The number of hydrogen-bond donors (Lipinski definition) is 2. The second-order valence-corrected chi connectivity index (χ2v) is 9.43. The Bertz CT molecular complexity index is 1100. The first kappa shape index (κ1) is 24.0. The van der Waals surface area contributed by atoms with Crippen molar-refractivity contribution in [3.63, 3.8) is 0 Å². The highest BCUT2D eigenvalue weighted by Gasteiger charge is 2.44. The number of aromatic nitrogens is 1. The lowest BCUT2D eigenvalue weighted by Crippen LogP contribution is -2.54. The van der Waals surface area contributed by atoms with Crippen molar-refractivity contribution < 1.29 is 19.1 Å². The summed E-state index contributed by atoms with van der Waals surface area (Å²) in [6.07, 6.45) is 16.3. The van der Waals surface area contributed by atoms with Crippen LogP contribution in [0.4, 0.5) is 4.39 Å². The van der Waals surface area contributed by atoms with E-state index in [2.05, 4.69) is 11.6 Å². The Morgan fingerprint density at radius 1 is 1.21 bits per heavy atom. The lowest BCUT2D eigenvalue weighted by atomic mass is 9.71. The number of benzene rings is 1. The number of fused-ring (bicyclic) bond motifs is 2. The Balaban J connectivity index is 1.58. The quantitative estimate of drug-likeness (QED) is 0.473. The maximum absolute atomic E-state index is 14.7. The molecule has 1 amide bonds. The highest BCUT2D eigenvalue weighted by molar-refractivity contribution is 5.86. The number of carbonyl (C=O) groups is 2. The fourth-order valence-corrected chi connectivity index (χ4v) is 5.87. The van der Waals surface area contributed by atoms with Gasteiger partial charge in [-0.3, -0.25) is 9.59 Å². The number of aromatic amines is 1. The van der Waals surface area contributed by atoms with Gasteiger partial charge in [-0.2, -0.15) is 0 Å². The van der Waals surface area contributed by atoms with Crippen molar-refractivity contribution >= 4 is 22.8 Å². The molecule has 1 aliphatic heterocycles. The van der Waals surface area contributed by atoms with E-state index in [0.29, 0.717) is 24.8 Å². The summed E-state index contributed by atoms with van der Waals surface area (Å²) < 4.78 is 14.7. The molecule has 2 heterocycles. The molecular formula is C28H33FN2O3. The fourth-order valence-electron chi connectivity index (χ4n) is 5.87. The van der Waals surface area contributed by atoms with Crippen molar-refractivity contribution in [1.82, 2.24) is 9.88 Å². The van der Waals surface area contributed by atoms with Gasteiger partial charge in [0.25, 0.3) is 0 Å². The molecule has 1 saturated heterocycles. The maximum Gasteiger partial charge on any atom is 0.306 e. The Kier molecular flexibility index (Phi) is 7.66. The summed E-state index contributed by atoms with van der Waals surface area (Å²) in [6.45, 7) is 4.14. The molecule has 1 aromatic heterocycles. The predicted molar refractivity (Wildman–Crippen MR) is 132 cm³/mol. The smallest absolute Gasteiger partial charge is 0.306 e. The second kappa shape index (κ2) is 10.9. The summed E-state index contributed by atoms with van der Waals surface area (Å²) in [5.74, 6) is -1.54. The van der Waals surface area contributed by atoms with Gasteiger partial charge in [0.2, 0.25) is 5.91 Å². The average Bonchev–Trinajstić information content (AvgIpc) is 3.27. The van der Waals surface area contributed by atoms with Gasteiger partial charge in [-0.15, -0.1) is 0 Å². The molecule has 4 unspecified atom stereocenters. The highest BCUT2D eigenvalue weighted by atomic mass is 19.1. The Morgan fingerprint density at radius 3 is 2.82 bits per heavy atom. The molecule has 1 aliphatic carbocycles. The molecule has 0 radical (unpaired) electrons. The highest BCUT2D eigenvalue weighted by Crippen LogP contribution is 2.40. The zero-order valence-corrected chi connectivity index (χ0v) is 19.5. The molecule has 1 saturated carbocycles. The number of hydrogen-bond acceptors (Lipinski definition) is 2. The molecule has 0 spiro atoms. The number of halogens is 1.